The summed E-state index contributed by atoms with van der Waals surface area (Å²) in [5.74, 6) is -0.0823. The van der Waals surface area contributed by atoms with Crippen molar-refractivity contribution in [2.24, 2.45) is 0 Å². The third-order valence-electron chi connectivity index (χ3n) is 4.33. The maximum atomic E-state index is 10.1. The van der Waals surface area contributed by atoms with E-state index in [4.69, 9.17) is 0 Å². The van der Waals surface area contributed by atoms with E-state index < -0.39 is 0 Å². The molecule has 4 rings (SSSR count). The van der Waals surface area contributed by atoms with Crippen molar-refractivity contribution in [3.05, 3.63) is 68.9 Å². The van der Waals surface area contributed by atoms with Crippen LogP contribution in [0.15, 0.2) is 57.7 Å². The van der Waals surface area contributed by atoms with E-state index in [-0.39, 0.29) is 12.5 Å². The number of hydrogen-bond acceptors (Lipinski definition) is 1. The molecular formula is C18H14Br2N2O. The fraction of sp³-hybridized carbons (Fsp3) is 0.111. The molecule has 2 heterocycles. The lowest BCUT2D eigenvalue weighted by atomic mass is 9.91. The molecule has 0 aliphatic rings. The van der Waals surface area contributed by atoms with E-state index in [2.05, 4.69) is 54.0 Å². The number of aliphatic hydroxyl groups excluding tert-OH is 1. The predicted molar refractivity (Wildman–Crippen MR) is 101 cm³/mol. The van der Waals surface area contributed by atoms with E-state index in [1.165, 1.54) is 0 Å². The molecule has 2 aromatic carbocycles. The average molecular weight is 434 g/mol. The molecule has 0 saturated carbocycles. The fourth-order valence-corrected chi connectivity index (χ4v) is 4.18. The third kappa shape index (κ3) is 2.35. The Morgan fingerprint density at radius 3 is 1.74 bits per heavy atom. The summed E-state index contributed by atoms with van der Waals surface area (Å²) in [7, 11) is 0. The summed E-state index contributed by atoms with van der Waals surface area (Å²) in [5, 5.41) is 12.3. The van der Waals surface area contributed by atoms with Crippen LogP contribution in [0.1, 0.15) is 17.0 Å². The van der Waals surface area contributed by atoms with Crippen LogP contribution in [-0.2, 0) is 0 Å². The number of halogens is 2. The fourth-order valence-electron chi connectivity index (χ4n) is 3.22. The molecule has 0 atom stereocenters. The normalized spacial score (nSPS) is 11.8. The van der Waals surface area contributed by atoms with Gasteiger partial charge in [0.2, 0.25) is 0 Å². The first-order valence-electron chi connectivity index (χ1n) is 7.32. The molecule has 3 nitrogen and oxygen atoms in total. The molecule has 0 aliphatic heterocycles. The SMILES string of the molecule is OCC(c1c[nH]c2c(Br)cccc12)c1c[nH]c2c(Br)cccc12. The van der Waals surface area contributed by atoms with E-state index in [1.807, 2.05) is 36.7 Å². The number of para-hydroxylation sites is 2. The van der Waals surface area contributed by atoms with Crippen molar-refractivity contribution in [1.29, 1.82) is 0 Å². The topological polar surface area (TPSA) is 51.8 Å². The van der Waals surface area contributed by atoms with Crippen LogP contribution in [0.3, 0.4) is 0 Å². The minimum atomic E-state index is -0.0823. The summed E-state index contributed by atoms with van der Waals surface area (Å²) in [5.41, 5.74) is 4.32. The molecule has 0 unspecified atom stereocenters. The van der Waals surface area contributed by atoms with Crippen molar-refractivity contribution < 1.29 is 5.11 Å². The van der Waals surface area contributed by atoms with Gasteiger partial charge in [-0.05, 0) is 55.1 Å². The minimum Gasteiger partial charge on any atom is -0.395 e. The highest BCUT2D eigenvalue weighted by atomic mass is 79.9. The van der Waals surface area contributed by atoms with E-state index in [0.29, 0.717) is 0 Å². The zero-order chi connectivity index (χ0) is 16.0. The molecule has 0 aliphatic carbocycles. The summed E-state index contributed by atoms with van der Waals surface area (Å²) in [6.07, 6.45) is 3.99. The quantitative estimate of drug-likeness (QED) is 0.403. The first-order chi connectivity index (χ1) is 11.2. The zero-order valence-corrected chi connectivity index (χ0v) is 15.3. The second-order valence-corrected chi connectivity index (χ2v) is 7.26. The smallest absolute Gasteiger partial charge is 0.0601 e. The molecule has 2 aromatic heterocycles. The molecule has 0 amide bonds. The number of rotatable bonds is 3. The van der Waals surface area contributed by atoms with E-state index in [0.717, 1.165) is 41.9 Å². The summed E-state index contributed by atoms with van der Waals surface area (Å²) in [6, 6.07) is 12.2. The van der Waals surface area contributed by atoms with E-state index in [9.17, 15) is 5.11 Å². The van der Waals surface area contributed by atoms with Gasteiger partial charge in [0.15, 0.2) is 0 Å². The van der Waals surface area contributed by atoms with Gasteiger partial charge in [0.05, 0.1) is 17.6 Å². The van der Waals surface area contributed by atoms with E-state index in [1.54, 1.807) is 0 Å². The Balaban J connectivity index is 1.93. The van der Waals surface area contributed by atoms with Gasteiger partial charge in [-0.2, -0.15) is 0 Å². The molecule has 23 heavy (non-hydrogen) atoms. The highest BCUT2D eigenvalue weighted by molar-refractivity contribution is 9.11. The molecular weight excluding hydrogens is 420 g/mol. The molecule has 0 saturated heterocycles. The lowest BCUT2D eigenvalue weighted by Crippen LogP contribution is -2.04. The number of aromatic nitrogens is 2. The van der Waals surface area contributed by atoms with Crippen LogP contribution < -0.4 is 0 Å². The van der Waals surface area contributed by atoms with Gasteiger partial charge >= 0.3 is 0 Å². The van der Waals surface area contributed by atoms with Gasteiger partial charge in [0.1, 0.15) is 0 Å². The number of aromatic amines is 2. The van der Waals surface area contributed by atoms with Crippen molar-refractivity contribution in [1.82, 2.24) is 9.97 Å². The van der Waals surface area contributed by atoms with Crippen LogP contribution in [0.4, 0.5) is 0 Å². The third-order valence-corrected chi connectivity index (χ3v) is 5.65. The van der Waals surface area contributed by atoms with Gasteiger partial charge in [-0.3, -0.25) is 0 Å². The second-order valence-electron chi connectivity index (χ2n) is 5.55. The van der Waals surface area contributed by atoms with Crippen LogP contribution in [0, 0.1) is 0 Å². The summed E-state index contributed by atoms with van der Waals surface area (Å²) < 4.78 is 2.05. The average Bonchev–Trinajstić information content (AvgIpc) is 3.16. The molecule has 0 spiro atoms. The van der Waals surface area contributed by atoms with Crippen molar-refractivity contribution >= 4 is 53.7 Å². The summed E-state index contributed by atoms with van der Waals surface area (Å²) >= 11 is 7.15. The van der Waals surface area contributed by atoms with Gasteiger partial charge < -0.3 is 15.1 Å². The maximum absolute atomic E-state index is 10.1. The highest BCUT2D eigenvalue weighted by Gasteiger charge is 2.21. The number of hydrogen-bond donors (Lipinski definition) is 3. The Hall–Kier alpha value is -1.56. The van der Waals surface area contributed by atoms with Crippen molar-refractivity contribution in [2.75, 3.05) is 6.61 Å². The molecule has 116 valence electrons. The molecule has 0 radical (unpaired) electrons. The van der Waals surface area contributed by atoms with Crippen LogP contribution in [-0.4, -0.2) is 21.7 Å². The molecule has 5 heteroatoms. The number of benzene rings is 2. The monoisotopic (exact) mass is 432 g/mol. The number of fused-ring (bicyclic) bond motifs is 2. The molecule has 0 bridgehead atoms. The Morgan fingerprint density at radius 1 is 0.826 bits per heavy atom. The van der Waals surface area contributed by atoms with E-state index >= 15 is 0 Å². The minimum absolute atomic E-state index is 0.0545. The lowest BCUT2D eigenvalue weighted by molar-refractivity contribution is 0.281. The van der Waals surface area contributed by atoms with Crippen molar-refractivity contribution in [3.8, 4) is 0 Å². The summed E-state index contributed by atoms with van der Waals surface area (Å²) in [4.78, 5) is 6.63. The highest BCUT2D eigenvalue weighted by Crippen LogP contribution is 2.37. The zero-order valence-electron chi connectivity index (χ0n) is 12.1. The largest absolute Gasteiger partial charge is 0.395 e. The number of aliphatic hydroxyl groups is 1. The maximum Gasteiger partial charge on any atom is 0.0601 e. The second kappa shape index (κ2) is 5.82. The molecule has 4 aromatic rings. The van der Waals surface area contributed by atoms with Crippen molar-refractivity contribution in [2.45, 2.75) is 5.92 Å². The molecule has 0 fully saturated rings. The van der Waals surface area contributed by atoms with Crippen LogP contribution in [0.25, 0.3) is 21.8 Å². The van der Waals surface area contributed by atoms with Gasteiger partial charge in [-0.25, -0.2) is 0 Å². The first-order valence-corrected chi connectivity index (χ1v) is 8.91. The van der Waals surface area contributed by atoms with Gasteiger partial charge in [-0.15, -0.1) is 0 Å². The van der Waals surface area contributed by atoms with Gasteiger partial charge in [0.25, 0.3) is 0 Å². The standard InChI is InChI=1S/C18H14Br2N2O/c19-15-5-1-3-10-12(7-21-17(10)15)14(9-23)13-8-22-18-11(13)4-2-6-16(18)20/h1-8,14,21-23H,9H2. The van der Waals surface area contributed by atoms with Crippen LogP contribution in [0.5, 0.6) is 0 Å². The molecule has 3 N–H and O–H groups in total. The van der Waals surface area contributed by atoms with Crippen LogP contribution in [0.2, 0.25) is 0 Å². The Morgan fingerprint density at radius 2 is 1.30 bits per heavy atom. The number of nitrogens with one attached hydrogen (secondary N) is 2. The van der Waals surface area contributed by atoms with Crippen molar-refractivity contribution in [3.63, 3.8) is 0 Å². The Bertz CT molecular complexity index is 923. The predicted octanol–water partition coefficient (Wildman–Crippen LogP) is 5.30. The Kier molecular flexibility index (Phi) is 3.79. The van der Waals surface area contributed by atoms with Gasteiger partial charge in [-0.1, -0.05) is 24.3 Å². The lowest BCUT2D eigenvalue weighted by Gasteiger charge is -2.13. The van der Waals surface area contributed by atoms with Gasteiger partial charge in [0, 0.05) is 38.0 Å². The first kappa shape index (κ1) is 15.0. The Labute approximate surface area is 150 Å². The summed E-state index contributed by atoms with van der Waals surface area (Å²) in [6.45, 7) is 0.0545. The number of H-pyrrole nitrogens is 2. The van der Waals surface area contributed by atoms with Crippen LogP contribution >= 0.6 is 31.9 Å².